The number of likely N-dealkylation sites (N-methyl/N-ethyl adjacent to an activating group) is 2. The van der Waals surface area contributed by atoms with Crippen LogP contribution in [0.3, 0.4) is 0 Å². The number of benzene rings is 1. The predicted octanol–water partition coefficient (Wildman–Crippen LogP) is 2.09. The molecule has 1 saturated heterocycles. The highest BCUT2D eigenvalue weighted by Gasteiger charge is 2.46. The molecule has 160 valence electrons. The van der Waals surface area contributed by atoms with Crippen LogP contribution in [0.4, 0.5) is 3.89 Å². The van der Waals surface area contributed by atoms with Gasteiger partial charge in [-0.15, -0.1) is 15.6 Å². The van der Waals surface area contributed by atoms with E-state index in [1.165, 1.54) is 5.56 Å². The van der Waals surface area contributed by atoms with Crippen molar-refractivity contribution >= 4 is 28.2 Å². The average Bonchev–Trinajstić information content (AvgIpc) is 2.97. The lowest BCUT2D eigenvalue weighted by Crippen LogP contribution is -2.54. The van der Waals surface area contributed by atoms with Crippen molar-refractivity contribution in [3.05, 3.63) is 29.8 Å². The topological polar surface area (TPSA) is 95.5 Å². The predicted molar refractivity (Wildman–Crippen MR) is 108 cm³/mol. The largest absolute Gasteiger partial charge is 0.722 e. The van der Waals surface area contributed by atoms with Gasteiger partial charge in [0.15, 0.2) is 6.04 Å². The minimum absolute atomic E-state index is 0.0910. The Labute approximate surface area is 171 Å². The van der Waals surface area contributed by atoms with Crippen LogP contribution in [0, 0.1) is 0 Å². The van der Waals surface area contributed by atoms with Gasteiger partial charge in [0, 0.05) is 18.7 Å². The van der Waals surface area contributed by atoms with Gasteiger partial charge in [-0.1, -0.05) is 12.1 Å². The van der Waals surface area contributed by atoms with Crippen LogP contribution in [-0.2, 0) is 21.1 Å². The Hall–Kier alpha value is -1.36. The molecule has 1 fully saturated rings. The Bertz CT molecular complexity index is 722. The molecule has 28 heavy (non-hydrogen) atoms. The van der Waals surface area contributed by atoms with Gasteiger partial charge < -0.3 is 19.1 Å². The SMILES string of the molecule is CCNC(=O)[C@@H]1C[C@H](SCc2ccc(OC)cc2)C[N+]1(C)CC.O=S(=O)([O-])F. The number of amides is 1. The van der Waals surface area contributed by atoms with E-state index in [4.69, 9.17) is 17.7 Å². The van der Waals surface area contributed by atoms with E-state index in [0.29, 0.717) is 11.8 Å². The molecule has 0 radical (unpaired) electrons. The first-order chi connectivity index (χ1) is 13.0. The second kappa shape index (κ2) is 11.0. The van der Waals surface area contributed by atoms with Crippen LogP contribution in [-0.4, -0.2) is 68.4 Å². The van der Waals surface area contributed by atoms with Gasteiger partial charge in [-0.25, -0.2) is 8.42 Å². The van der Waals surface area contributed by atoms with Crippen LogP contribution < -0.4 is 10.1 Å². The zero-order chi connectivity index (χ0) is 21.4. The second-order valence-corrected chi connectivity index (χ2v) is 8.87. The summed E-state index contributed by atoms with van der Waals surface area (Å²) < 4.78 is 41.4. The molecule has 1 aromatic carbocycles. The van der Waals surface area contributed by atoms with Gasteiger partial charge in [-0.2, -0.15) is 0 Å². The van der Waals surface area contributed by atoms with E-state index >= 15 is 0 Å². The standard InChI is InChI=1S/C18H28N2O2S.FHO3S/c1-5-19-18(21)17-11-16(12-20(17,3)6-2)23-13-14-7-9-15(22-4)10-8-14;1-5(2,3)4/h7-10,16-17H,5-6,11-13H2,1-4H3;(H,2,3,4)/t16-,17-,20?;/m0./s1. The number of ether oxygens (including phenoxy) is 1. The van der Waals surface area contributed by atoms with Crippen LogP contribution in [0.1, 0.15) is 25.8 Å². The molecule has 3 atom stereocenters. The number of hydrogen-bond acceptors (Lipinski definition) is 6. The average molecular weight is 437 g/mol. The van der Waals surface area contributed by atoms with Crippen molar-refractivity contribution in [3.63, 3.8) is 0 Å². The molecule has 1 amide bonds. The summed E-state index contributed by atoms with van der Waals surface area (Å²) >= 11 is 1.97. The first-order valence-corrected chi connectivity index (χ1v) is 11.4. The van der Waals surface area contributed by atoms with Gasteiger partial charge in [0.25, 0.3) is 16.4 Å². The normalized spacial score (nSPS) is 24.2. The van der Waals surface area contributed by atoms with Gasteiger partial charge in [-0.05, 0) is 31.5 Å². The number of carbonyl (C=O) groups excluding carboxylic acids is 1. The van der Waals surface area contributed by atoms with Gasteiger partial charge in [0.1, 0.15) is 5.75 Å². The molecule has 1 aliphatic rings. The molecule has 7 nitrogen and oxygen atoms in total. The molecular weight excluding hydrogens is 407 g/mol. The zero-order valence-corrected chi connectivity index (χ0v) is 18.3. The number of quaternary nitrogens is 1. The number of thioether (sulfide) groups is 1. The number of methoxy groups -OCH3 is 1. The van der Waals surface area contributed by atoms with Crippen molar-refractivity contribution < 1.29 is 30.9 Å². The van der Waals surface area contributed by atoms with Crippen molar-refractivity contribution in [3.8, 4) is 5.75 Å². The van der Waals surface area contributed by atoms with Crippen LogP contribution >= 0.6 is 11.8 Å². The number of hydrogen-bond donors (Lipinski definition) is 1. The molecule has 10 heteroatoms. The second-order valence-electron chi connectivity index (χ2n) is 6.80. The Morgan fingerprint density at radius 3 is 2.39 bits per heavy atom. The lowest BCUT2D eigenvalue weighted by atomic mass is 10.2. The summed E-state index contributed by atoms with van der Waals surface area (Å²) in [5, 5.41) is 3.54. The van der Waals surface area contributed by atoms with Crippen molar-refractivity contribution in [2.45, 2.75) is 37.3 Å². The molecule has 0 aliphatic carbocycles. The summed E-state index contributed by atoms with van der Waals surface area (Å²) in [7, 11) is -1.51. The fourth-order valence-corrected chi connectivity index (χ4v) is 4.64. The summed E-state index contributed by atoms with van der Waals surface area (Å²) in [5.41, 5.74) is 1.31. The van der Waals surface area contributed by atoms with Crippen molar-refractivity contribution in [2.75, 3.05) is 33.8 Å². The van der Waals surface area contributed by atoms with Crippen LogP contribution in [0.25, 0.3) is 0 Å². The minimum Gasteiger partial charge on any atom is -0.722 e. The summed E-state index contributed by atoms with van der Waals surface area (Å²) in [6, 6.07) is 8.35. The summed E-state index contributed by atoms with van der Waals surface area (Å²) in [6.45, 7) is 6.95. The summed E-state index contributed by atoms with van der Waals surface area (Å²) in [4.78, 5) is 12.4. The Balaban J connectivity index is 0.000000696. The molecule has 1 aromatic rings. The Morgan fingerprint density at radius 2 is 1.93 bits per heavy atom. The van der Waals surface area contributed by atoms with Crippen LogP contribution in [0.15, 0.2) is 24.3 Å². The Kier molecular flexibility index (Phi) is 9.68. The third-order valence-corrected chi connectivity index (χ3v) is 6.19. The molecule has 1 unspecified atom stereocenters. The molecule has 1 heterocycles. The maximum Gasteiger partial charge on any atom is 0.278 e. The van der Waals surface area contributed by atoms with E-state index in [2.05, 4.69) is 31.4 Å². The third kappa shape index (κ3) is 8.34. The third-order valence-electron chi connectivity index (χ3n) is 4.88. The number of nitrogens with zero attached hydrogens (tertiary/aromatic N) is 1. The number of carbonyl (C=O) groups is 1. The van der Waals surface area contributed by atoms with Crippen molar-refractivity contribution in [2.24, 2.45) is 0 Å². The number of likely N-dealkylation sites (tertiary alicyclic amines) is 1. The minimum atomic E-state index is -5.42. The van der Waals surface area contributed by atoms with E-state index in [0.717, 1.165) is 35.5 Å². The quantitative estimate of drug-likeness (QED) is 0.399. The van der Waals surface area contributed by atoms with Crippen LogP contribution in [0.2, 0.25) is 0 Å². The highest BCUT2D eigenvalue weighted by atomic mass is 32.3. The van der Waals surface area contributed by atoms with Crippen LogP contribution in [0.5, 0.6) is 5.75 Å². The smallest absolute Gasteiger partial charge is 0.278 e. The highest BCUT2D eigenvalue weighted by Crippen LogP contribution is 2.34. The van der Waals surface area contributed by atoms with E-state index < -0.39 is 10.5 Å². The van der Waals surface area contributed by atoms with E-state index in [1.807, 2.05) is 30.8 Å². The first kappa shape index (κ1) is 24.7. The van der Waals surface area contributed by atoms with Gasteiger partial charge in [0.2, 0.25) is 0 Å². The molecular formula is C18H29FN2O5S2. The maximum atomic E-state index is 12.4. The number of halogens is 1. The van der Waals surface area contributed by atoms with Gasteiger partial charge >= 0.3 is 0 Å². The highest BCUT2D eigenvalue weighted by molar-refractivity contribution is 7.99. The van der Waals surface area contributed by atoms with Crippen molar-refractivity contribution in [1.29, 1.82) is 0 Å². The Morgan fingerprint density at radius 1 is 1.36 bits per heavy atom. The van der Waals surface area contributed by atoms with Gasteiger partial charge in [-0.3, -0.25) is 4.79 Å². The van der Waals surface area contributed by atoms with E-state index in [-0.39, 0.29) is 11.9 Å². The fourth-order valence-electron chi connectivity index (χ4n) is 3.26. The molecule has 0 saturated carbocycles. The van der Waals surface area contributed by atoms with E-state index in [9.17, 15) is 8.68 Å². The number of nitrogens with one attached hydrogen (secondary N) is 1. The molecule has 1 aliphatic heterocycles. The summed E-state index contributed by atoms with van der Waals surface area (Å²) in [6.07, 6.45) is 0.969. The molecule has 0 spiro atoms. The number of rotatable bonds is 7. The zero-order valence-electron chi connectivity index (χ0n) is 16.7. The first-order valence-electron chi connectivity index (χ1n) is 9.04. The monoisotopic (exact) mass is 436 g/mol. The molecule has 0 bridgehead atoms. The van der Waals surface area contributed by atoms with Crippen molar-refractivity contribution in [1.82, 2.24) is 5.32 Å². The molecule has 2 rings (SSSR count). The van der Waals surface area contributed by atoms with Gasteiger partial charge in [0.05, 0.1) is 32.5 Å². The lowest BCUT2D eigenvalue weighted by molar-refractivity contribution is -0.910. The fraction of sp³-hybridized carbons (Fsp3) is 0.611. The maximum absolute atomic E-state index is 12.4. The molecule has 1 N–H and O–H groups in total. The lowest BCUT2D eigenvalue weighted by Gasteiger charge is -2.34. The summed E-state index contributed by atoms with van der Waals surface area (Å²) in [5.74, 6) is 2.09. The molecule has 0 aromatic heterocycles. The van der Waals surface area contributed by atoms with E-state index in [1.54, 1.807) is 7.11 Å².